The lowest BCUT2D eigenvalue weighted by atomic mass is 10.2. The molecule has 2 aromatic rings. The first kappa shape index (κ1) is 18.0. The first-order valence-electron chi connectivity index (χ1n) is 8.83. The molecule has 2 atom stereocenters. The van der Waals surface area contributed by atoms with Crippen molar-refractivity contribution in [2.24, 2.45) is 0 Å². The third-order valence-corrected chi connectivity index (χ3v) is 4.55. The summed E-state index contributed by atoms with van der Waals surface area (Å²) in [5, 5.41) is 4.02. The van der Waals surface area contributed by atoms with Gasteiger partial charge < -0.3 is 13.7 Å². The monoisotopic (exact) mass is 349 g/mol. The van der Waals surface area contributed by atoms with Crippen LogP contribution in [0.3, 0.4) is 0 Å². The molecule has 0 unspecified atom stereocenters. The Hall–Kier alpha value is -1.77. The summed E-state index contributed by atoms with van der Waals surface area (Å²) >= 11 is 0. The Kier molecular flexibility index (Phi) is 5.82. The van der Waals surface area contributed by atoms with Crippen LogP contribution in [0.2, 0.25) is 0 Å². The summed E-state index contributed by atoms with van der Waals surface area (Å²) in [6.45, 7) is 9.82. The molecule has 0 saturated carbocycles. The minimum atomic E-state index is -0.135. The van der Waals surface area contributed by atoms with Crippen LogP contribution in [0.15, 0.2) is 15.1 Å². The Morgan fingerprint density at radius 1 is 1.44 bits per heavy atom. The third kappa shape index (κ3) is 4.65. The van der Waals surface area contributed by atoms with Crippen molar-refractivity contribution < 1.29 is 13.7 Å². The van der Waals surface area contributed by atoms with Gasteiger partial charge in [-0.2, -0.15) is 4.98 Å². The fourth-order valence-electron chi connectivity index (χ4n) is 3.15. The molecule has 0 amide bonds. The zero-order valence-electron chi connectivity index (χ0n) is 15.4. The van der Waals surface area contributed by atoms with E-state index in [9.17, 15) is 0 Å². The molecule has 8 nitrogen and oxygen atoms in total. The Morgan fingerprint density at radius 3 is 3.00 bits per heavy atom. The SMILES string of the molecule is CCO[C@@H](C)c1noc(CN2CC[C@@H](N(C)Cc3ncc(C)o3)C2)n1. The summed E-state index contributed by atoms with van der Waals surface area (Å²) < 4.78 is 16.4. The second kappa shape index (κ2) is 8.07. The van der Waals surface area contributed by atoms with Crippen molar-refractivity contribution in [3.8, 4) is 0 Å². The van der Waals surface area contributed by atoms with E-state index in [-0.39, 0.29) is 6.10 Å². The number of rotatable bonds is 8. The molecule has 8 heteroatoms. The van der Waals surface area contributed by atoms with Crippen LogP contribution in [-0.2, 0) is 17.8 Å². The molecule has 0 spiro atoms. The van der Waals surface area contributed by atoms with Crippen LogP contribution in [-0.4, -0.2) is 57.7 Å². The van der Waals surface area contributed by atoms with Gasteiger partial charge in [-0.05, 0) is 34.2 Å². The Bertz CT molecular complexity index is 671. The highest BCUT2D eigenvalue weighted by Gasteiger charge is 2.28. The number of hydrogen-bond acceptors (Lipinski definition) is 8. The number of oxazole rings is 1. The molecular formula is C17H27N5O3. The van der Waals surface area contributed by atoms with E-state index in [1.807, 2.05) is 20.8 Å². The van der Waals surface area contributed by atoms with Gasteiger partial charge in [0.1, 0.15) is 11.9 Å². The van der Waals surface area contributed by atoms with Gasteiger partial charge in [0.25, 0.3) is 0 Å². The van der Waals surface area contributed by atoms with Crippen LogP contribution in [0.4, 0.5) is 0 Å². The van der Waals surface area contributed by atoms with Crippen LogP contribution < -0.4 is 0 Å². The lowest BCUT2D eigenvalue weighted by Crippen LogP contribution is -2.34. The largest absolute Gasteiger partial charge is 0.445 e. The van der Waals surface area contributed by atoms with Crippen LogP contribution in [0.5, 0.6) is 0 Å². The van der Waals surface area contributed by atoms with Gasteiger partial charge in [-0.15, -0.1) is 0 Å². The topological polar surface area (TPSA) is 80.7 Å². The van der Waals surface area contributed by atoms with Crippen molar-refractivity contribution in [1.82, 2.24) is 24.9 Å². The highest BCUT2D eigenvalue weighted by atomic mass is 16.5. The number of aryl methyl sites for hydroxylation is 1. The third-order valence-electron chi connectivity index (χ3n) is 4.55. The van der Waals surface area contributed by atoms with Crippen molar-refractivity contribution >= 4 is 0 Å². The van der Waals surface area contributed by atoms with Gasteiger partial charge in [0, 0.05) is 25.7 Å². The Balaban J connectivity index is 1.49. The number of likely N-dealkylation sites (tertiary alicyclic amines) is 1. The quantitative estimate of drug-likeness (QED) is 0.717. The van der Waals surface area contributed by atoms with Crippen LogP contribution in [0.25, 0.3) is 0 Å². The highest BCUT2D eigenvalue weighted by Crippen LogP contribution is 2.19. The minimum absolute atomic E-state index is 0.135. The Labute approximate surface area is 148 Å². The van der Waals surface area contributed by atoms with Crippen LogP contribution >= 0.6 is 0 Å². The molecule has 0 aromatic carbocycles. The van der Waals surface area contributed by atoms with Crippen molar-refractivity contribution in [3.05, 3.63) is 29.6 Å². The molecule has 0 bridgehead atoms. The summed E-state index contributed by atoms with van der Waals surface area (Å²) in [5.41, 5.74) is 0. The second-order valence-corrected chi connectivity index (χ2v) is 6.60. The standard InChI is InChI=1S/C17H27N5O3/c1-5-23-13(3)17-19-16(25-20-17)11-22-7-6-14(9-22)21(4)10-15-18-8-12(2)24-15/h8,13-14H,5-7,9-11H2,1-4H3/t13-,14+/m0/s1. The van der Waals surface area contributed by atoms with E-state index >= 15 is 0 Å². The van der Waals surface area contributed by atoms with E-state index in [4.69, 9.17) is 13.7 Å². The number of ether oxygens (including phenoxy) is 1. The van der Waals surface area contributed by atoms with Gasteiger partial charge in [0.15, 0.2) is 5.82 Å². The van der Waals surface area contributed by atoms with Gasteiger partial charge in [0.05, 0.1) is 19.3 Å². The number of aromatic nitrogens is 3. The van der Waals surface area contributed by atoms with Gasteiger partial charge in [0.2, 0.25) is 11.8 Å². The lowest BCUT2D eigenvalue weighted by Gasteiger charge is -2.22. The molecule has 0 radical (unpaired) electrons. The molecule has 1 fully saturated rings. The number of nitrogens with zero attached hydrogens (tertiary/aromatic N) is 5. The van der Waals surface area contributed by atoms with Gasteiger partial charge in [-0.3, -0.25) is 9.80 Å². The maximum atomic E-state index is 5.57. The van der Waals surface area contributed by atoms with Gasteiger partial charge in [-0.1, -0.05) is 5.16 Å². The predicted octanol–water partition coefficient (Wildman–Crippen LogP) is 2.17. The molecule has 0 N–H and O–H groups in total. The number of likely N-dealkylation sites (N-methyl/N-ethyl adjacent to an activating group) is 1. The maximum absolute atomic E-state index is 5.57. The summed E-state index contributed by atoms with van der Waals surface area (Å²) in [5.74, 6) is 2.88. The zero-order valence-corrected chi connectivity index (χ0v) is 15.4. The van der Waals surface area contributed by atoms with Crippen molar-refractivity contribution in [1.29, 1.82) is 0 Å². The lowest BCUT2D eigenvalue weighted by molar-refractivity contribution is 0.0683. The minimum Gasteiger partial charge on any atom is -0.445 e. The zero-order chi connectivity index (χ0) is 17.8. The summed E-state index contributed by atoms with van der Waals surface area (Å²) in [6.07, 6.45) is 2.73. The molecule has 1 aliphatic rings. The van der Waals surface area contributed by atoms with E-state index in [1.54, 1.807) is 6.20 Å². The highest BCUT2D eigenvalue weighted by molar-refractivity contribution is 4.94. The number of hydrogen-bond donors (Lipinski definition) is 0. The molecule has 2 aromatic heterocycles. The fraction of sp³-hybridized carbons (Fsp3) is 0.706. The van der Waals surface area contributed by atoms with Crippen molar-refractivity contribution in [2.45, 2.75) is 52.4 Å². The molecule has 3 rings (SSSR count). The second-order valence-electron chi connectivity index (χ2n) is 6.60. The molecule has 3 heterocycles. The Morgan fingerprint density at radius 2 is 2.28 bits per heavy atom. The van der Waals surface area contributed by atoms with Crippen LogP contribution in [0.1, 0.15) is 49.7 Å². The molecule has 138 valence electrons. The van der Waals surface area contributed by atoms with Crippen molar-refractivity contribution in [2.75, 3.05) is 26.7 Å². The van der Waals surface area contributed by atoms with Crippen LogP contribution in [0, 0.1) is 6.92 Å². The summed E-state index contributed by atoms with van der Waals surface area (Å²) in [7, 11) is 2.11. The van der Waals surface area contributed by atoms with Gasteiger partial charge >= 0.3 is 0 Å². The first-order valence-corrected chi connectivity index (χ1v) is 8.83. The predicted molar refractivity (Wildman–Crippen MR) is 90.7 cm³/mol. The van der Waals surface area contributed by atoms with Gasteiger partial charge in [-0.25, -0.2) is 4.98 Å². The van der Waals surface area contributed by atoms with E-state index in [0.29, 0.717) is 30.9 Å². The molecule has 1 saturated heterocycles. The summed E-state index contributed by atoms with van der Waals surface area (Å²) in [6, 6.07) is 0.469. The molecule has 1 aliphatic heterocycles. The summed E-state index contributed by atoms with van der Waals surface area (Å²) in [4.78, 5) is 13.4. The average molecular weight is 349 g/mol. The van der Waals surface area contributed by atoms with E-state index in [2.05, 4.69) is 32.0 Å². The fourth-order valence-corrected chi connectivity index (χ4v) is 3.15. The van der Waals surface area contributed by atoms with E-state index in [1.165, 1.54) is 0 Å². The smallest absolute Gasteiger partial charge is 0.240 e. The molecule has 25 heavy (non-hydrogen) atoms. The van der Waals surface area contributed by atoms with E-state index < -0.39 is 0 Å². The van der Waals surface area contributed by atoms with E-state index in [0.717, 1.165) is 37.7 Å². The average Bonchev–Trinajstić information content (AvgIpc) is 3.30. The molecular weight excluding hydrogens is 322 g/mol. The normalized spacial score (nSPS) is 19.8. The first-order chi connectivity index (χ1) is 12.0. The maximum Gasteiger partial charge on any atom is 0.240 e. The van der Waals surface area contributed by atoms with Crippen molar-refractivity contribution in [3.63, 3.8) is 0 Å². The molecule has 0 aliphatic carbocycles.